The van der Waals surface area contributed by atoms with E-state index in [-0.39, 0.29) is 23.6 Å². The summed E-state index contributed by atoms with van der Waals surface area (Å²) in [6.45, 7) is 6.07. The van der Waals surface area contributed by atoms with E-state index in [4.69, 9.17) is 16.3 Å². The highest BCUT2D eigenvalue weighted by atomic mass is 35.5. The van der Waals surface area contributed by atoms with Gasteiger partial charge in [0.2, 0.25) is 0 Å². The van der Waals surface area contributed by atoms with Crippen LogP contribution in [-0.4, -0.2) is 71.3 Å². The fraction of sp³-hybridized carbons (Fsp3) is 0.375. The van der Waals surface area contributed by atoms with Gasteiger partial charge in [-0.2, -0.15) is 0 Å². The molecule has 0 bridgehead atoms. The third-order valence-electron chi connectivity index (χ3n) is 5.67. The van der Waals surface area contributed by atoms with Crippen molar-refractivity contribution in [2.75, 3.05) is 33.8 Å². The lowest BCUT2D eigenvalue weighted by Crippen LogP contribution is -2.35. The van der Waals surface area contributed by atoms with E-state index in [9.17, 15) is 19.5 Å². The molecule has 1 atom stereocenters. The molecule has 3 rings (SSSR count). The monoisotopic (exact) mass is 473 g/mol. The maximum absolute atomic E-state index is 13.1. The molecule has 1 amide bonds. The first-order valence-corrected chi connectivity index (χ1v) is 11.0. The van der Waals surface area contributed by atoms with Gasteiger partial charge in [0.1, 0.15) is 11.5 Å². The van der Waals surface area contributed by atoms with Gasteiger partial charge in [0.15, 0.2) is 0 Å². The van der Waals surface area contributed by atoms with Crippen molar-refractivity contribution in [3.8, 4) is 0 Å². The lowest BCUT2D eigenvalue weighted by atomic mass is 9.94. The largest absolute Gasteiger partial charge is 0.507 e. The fourth-order valence-electron chi connectivity index (χ4n) is 4.06. The van der Waals surface area contributed by atoms with Crippen molar-refractivity contribution in [3.63, 3.8) is 0 Å². The second-order valence-electron chi connectivity index (χ2n) is 8.19. The van der Waals surface area contributed by atoms with E-state index in [1.54, 1.807) is 45.0 Å². The fourth-order valence-corrected chi connectivity index (χ4v) is 4.18. The Morgan fingerprint density at radius 2 is 1.85 bits per heavy atom. The molecule has 1 aliphatic rings. The molecule has 0 spiro atoms. The van der Waals surface area contributed by atoms with Crippen LogP contribution < -0.4 is 0 Å². The van der Waals surface area contributed by atoms with Gasteiger partial charge in [0.25, 0.3) is 11.7 Å². The van der Waals surface area contributed by atoms with E-state index >= 15 is 0 Å². The van der Waals surface area contributed by atoms with Crippen LogP contribution in [0, 0.1) is 13.8 Å². The highest BCUT2D eigenvalue weighted by Gasteiger charge is 2.46. The first-order chi connectivity index (χ1) is 15.6. The van der Waals surface area contributed by atoms with Gasteiger partial charge in [-0.3, -0.25) is 9.59 Å². The van der Waals surface area contributed by atoms with Crippen LogP contribution in [0.5, 0.6) is 0 Å². The van der Waals surface area contributed by atoms with Crippen molar-refractivity contribution in [2.24, 2.45) is 0 Å². The Labute approximate surface area is 197 Å². The Kier molecular flexibility index (Phi) is 7.29. The number of ether oxygens (including phenoxy) is 1. The molecule has 1 aromatic heterocycles. The van der Waals surface area contributed by atoms with Crippen LogP contribution in [0.1, 0.15) is 45.8 Å². The number of aryl methyl sites for hydroxylation is 1. The topological polar surface area (TPSA) is 103 Å². The average molecular weight is 474 g/mol. The van der Waals surface area contributed by atoms with Gasteiger partial charge in [0, 0.05) is 29.4 Å². The Balaban J connectivity index is 2.19. The summed E-state index contributed by atoms with van der Waals surface area (Å²) in [6.07, 6.45) is 0. The van der Waals surface area contributed by atoms with Crippen LogP contribution in [0.15, 0.2) is 29.8 Å². The molecular weight excluding hydrogens is 446 g/mol. The SMILES string of the molecule is CCOC(=O)c1[nH]c(C)c(C(O)=C2C(=O)C(=O)N(CCN(C)C)[C@H]2c2ccc(Cl)cc2)c1C. The highest BCUT2D eigenvalue weighted by Crippen LogP contribution is 2.41. The van der Waals surface area contributed by atoms with Crippen molar-refractivity contribution < 1.29 is 24.2 Å². The molecule has 8 nitrogen and oxygen atoms in total. The van der Waals surface area contributed by atoms with E-state index in [0.717, 1.165) is 0 Å². The normalized spacial score (nSPS) is 17.8. The van der Waals surface area contributed by atoms with Crippen LogP contribution in [0.3, 0.4) is 0 Å². The molecule has 1 aliphatic heterocycles. The molecule has 9 heteroatoms. The summed E-state index contributed by atoms with van der Waals surface area (Å²) in [5.74, 6) is -2.35. The zero-order valence-corrected chi connectivity index (χ0v) is 20.1. The lowest BCUT2D eigenvalue weighted by Gasteiger charge is -2.26. The summed E-state index contributed by atoms with van der Waals surface area (Å²) in [5.41, 5.74) is 2.06. The predicted octanol–water partition coefficient (Wildman–Crippen LogP) is 3.44. The number of amides is 1. The molecule has 1 fully saturated rings. The zero-order chi connectivity index (χ0) is 24.4. The number of hydrogen-bond acceptors (Lipinski definition) is 6. The van der Waals surface area contributed by atoms with E-state index in [1.807, 2.05) is 19.0 Å². The number of benzene rings is 1. The van der Waals surface area contributed by atoms with Crippen LogP contribution in [0.25, 0.3) is 5.76 Å². The minimum absolute atomic E-state index is 0.0262. The standard InChI is InChI=1S/C24H28ClN3O5/c1-6-33-24(32)19-13(2)17(14(3)26-19)21(29)18-20(15-7-9-16(25)10-8-15)28(12-11-27(4)5)23(31)22(18)30/h7-10,20,26,29H,6,11-12H2,1-5H3/t20-/m0/s1. The number of aliphatic hydroxyl groups excluding tert-OH is 1. The van der Waals surface area contributed by atoms with Gasteiger partial charge in [-0.25, -0.2) is 4.79 Å². The molecule has 2 heterocycles. The van der Waals surface area contributed by atoms with Gasteiger partial charge in [-0.05, 0) is 58.1 Å². The number of likely N-dealkylation sites (tertiary alicyclic amines) is 1. The third kappa shape index (κ3) is 4.67. The molecule has 0 radical (unpaired) electrons. The number of aromatic amines is 1. The number of Topliss-reactive ketones (excluding diaryl/α,β-unsaturated/α-hetero) is 1. The number of H-pyrrole nitrogens is 1. The third-order valence-corrected chi connectivity index (χ3v) is 5.92. The Morgan fingerprint density at radius 3 is 2.42 bits per heavy atom. The van der Waals surface area contributed by atoms with Crippen molar-refractivity contribution >= 4 is 35.0 Å². The van der Waals surface area contributed by atoms with Crippen molar-refractivity contribution in [3.05, 3.63) is 62.9 Å². The minimum Gasteiger partial charge on any atom is -0.507 e. The van der Waals surface area contributed by atoms with Crippen molar-refractivity contribution in [2.45, 2.75) is 26.8 Å². The number of likely N-dealkylation sites (N-methyl/N-ethyl adjacent to an activating group) is 1. The molecule has 2 N–H and O–H groups in total. The number of aliphatic hydroxyl groups is 1. The van der Waals surface area contributed by atoms with E-state index in [1.165, 1.54) is 4.90 Å². The molecule has 0 unspecified atom stereocenters. The summed E-state index contributed by atoms with van der Waals surface area (Å²) in [6, 6.07) is 6.02. The summed E-state index contributed by atoms with van der Waals surface area (Å²) < 4.78 is 5.08. The highest BCUT2D eigenvalue weighted by molar-refractivity contribution is 6.46. The Morgan fingerprint density at radius 1 is 1.21 bits per heavy atom. The average Bonchev–Trinajstić information content (AvgIpc) is 3.19. The summed E-state index contributed by atoms with van der Waals surface area (Å²) in [7, 11) is 3.74. The molecular formula is C24H28ClN3O5. The van der Waals surface area contributed by atoms with Gasteiger partial charge < -0.3 is 24.6 Å². The number of nitrogens with zero attached hydrogens (tertiary/aromatic N) is 2. The second-order valence-corrected chi connectivity index (χ2v) is 8.63. The minimum atomic E-state index is -0.790. The molecule has 33 heavy (non-hydrogen) atoms. The number of nitrogens with one attached hydrogen (secondary N) is 1. The van der Waals surface area contributed by atoms with Gasteiger partial charge >= 0.3 is 5.97 Å². The molecule has 0 saturated carbocycles. The molecule has 1 saturated heterocycles. The number of carbonyl (C=O) groups excluding carboxylic acids is 3. The van der Waals surface area contributed by atoms with Gasteiger partial charge in [0.05, 0.1) is 18.2 Å². The van der Waals surface area contributed by atoms with Crippen LogP contribution >= 0.6 is 11.6 Å². The molecule has 1 aromatic carbocycles. The van der Waals surface area contributed by atoms with Gasteiger partial charge in [-0.1, -0.05) is 23.7 Å². The van der Waals surface area contributed by atoms with Crippen molar-refractivity contribution in [1.82, 2.24) is 14.8 Å². The van der Waals surface area contributed by atoms with Crippen LogP contribution in [-0.2, 0) is 14.3 Å². The lowest BCUT2D eigenvalue weighted by molar-refractivity contribution is -0.140. The quantitative estimate of drug-likeness (QED) is 0.276. The predicted molar refractivity (Wildman–Crippen MR) is 125 cm³/mol. The van der Waals surface area contributed by atoms with Crippen LogP contribution in [0.4, 0.5) is 0 Å². The summed E-state index contributed by atoms with van der Waals surface area (Å²) >= 11 is 6.05. The second kappa shape index (κ2) is 9.80. The number of esters is 1. The Hall–Kier alpha value is -3.10. The summed E-state index contributed by atoms with van der Waals surface area (Å²) in [5, 5.41) is 11.9. The number of carbonyl (C=O) groups is 3. The molecule has 2 aromatic rings. The number of aromatic nitrogens is 1. The number of halogens is 1. The number of ketones is 1. The maximum Gasteiger partial charge on any atom is 0.355 e. The smallest absolute Gasteiger partial charge is 0.355 e. The number of rotatable bonds is 7. The van der Waals surface area contributed by atoms with E-state index in [0.29, 0.717) is 40.5 Å². The zero-order valence-electron chi connectivity index (χ0n) is 19.4. The first kappa shape index (κ1) is 24.5. The summed E-state index contributed by atoms with van der Waals surface area (Å²) in [4.78, 5) is 44.7. The maximum atomic E-state index is 13.1. The van der Waals surface area contributed by atoms with Crippen molar-refractivity contribution in [1.29, 1.82) is 0 Å². The Bertz CT molecular complexity index is 1120. The molecule has 0 aliphatic carbocycles. The van der Waals surface area contributed by atoms with E-state index < -0.39 is 23.7 Å². The molecule has 176 valence electrons. The van der Waals surface area contributed by atoms with Crippen LogP contribution in [0.2, 0.25) is 5.02 Å². The number of hydrogen-bond donors (Lipinski definition) is 2. The van der Waals surface area contributed by atoms with Gasteiger partial charge in [-0.15, -0.1) is 0 Å². The first-order valence-electron chi connectivity index (χ1n) is 10.6. The van der Waals surface area contributed by atoms with E-state index in [2.05, 4.69) is 4.98 Å².